The lowest BCUT2D eigenvalue weighted by Crippen LogP contribution is -1.92. The number of para-hydroxylation sites is 1. The van der Waals surface area contributed by atoms with Crippen LogP contribution < -0.4 is 0 Å². The summed E-state index contributed by atoms with van der Waals surface area (Å²) in [7, 11) is 0. The van der Waals surface area contributed by atoms with Gasteiger partial charge in [0.2, 0.25) is 0 Å². The van der Waals surface area contributed by atoms with E-state index >= 15 is 0 Å². The predicted molar refractivity (Wildman–Crippen MR) is 200 cm³/mol. The molecule has 10 aromatic rings. The second kappa shape index (κ2) is 10.2. The fraction of sp³-hybridized carbons (Fsp3) is 0. The molecule has 218 valence electrons. The molecule has 1 heterocycles. The summed E-state index contributed by atoms with van der Waals surface area (Å²) < 4.78 is 6.74. The van der Waals surface area contributed by atoms with E-state index in [9.17, 15) is 0 Å². The van der Waals surface area contributed by atoms with Gasteiger partial charge in [0.15, 0.2) is 0 Å². The van der Waals surface area contributed by atoms with Gasteiger partial charge in [0.25, 0.3) is 0 Å². The van der Waals surface area contributed by atoms with Gasteiger partial charge in [0.1, 0.15) is 11.2 Å². The molecule has 0 aliphatic carbocycles. The molecule has 0 saturated carbocycles. The van der Waals surface area contributed by atoms with Gasteiger partial charge in [-0.05, 0) is 77.7 Å². The summed E-state index contributed by atoms with van der Waals surface area (Å²) in [5.74, 6) is 0. The second-order valence-corrected chi connectivity index (χ2v) is 12.4. The Morgan fingerprint density at radius 3 is 1.51 bits per heavy atom. The SMILES string of the molecule is c1cc(-c2c3ccccc3c(-c3cccc4ccccc34)c3ccccc23)cc(-c2cccc3c2oc2c4ccccc4ccc32)c1. The molecule has 0 fully saturated rings. The van der Waals surface area contributed by atoms with Crippen molar-refractivity contribution in [3.63, 3.8) is 0 Å². The van der Waals surface area contributed by atoms with E-state index in [1.165, 1.54) is 60.0 Å². The van der Waals surface area contributed by atoms with Gasteiger partial charge in [-0.15, -0.1) is 0 Å². The van der Waals surface area contributed by atoms with Crippen molar-refractivity contribution >= 4 is 65.0 Å². The normalized spacial score (nSPS) is 11.8. The zero-order valence-corrected chi connectivity index (χ0v) is 25.6. The highest BCUT2D eigenvalue weighted by Gasteiger charge is 2.19. The third kappa shape index (κ3) is 3.90. The average molecular weight is 597 g/mol. The quantitative estimate of drug-likeness (QED) is 0.185. The van der Waals surface area contributed by atoms with Crippen molar-refractivity contribution < 1.29 is 4.42 Å². The molecule has 47 heavy (non-hydrogen) atoms. The van der Waals surface area contributed by atoms with Crippen LogP contribution in [-0.4, -0.2) is 0 Å². The largest absolute Gasteiger partial charge is 0.455 e. The fourth-order valence-corrected chi connectivity index (χ4v) is 7.77. The van der Waals surface area contributed by atoms with Crippen molar-refractivity contribution in [1.82, 2.24) is 0 Å². The average Bonchev–Trinajstić information content (AvgIpc) is 3.53. The predicted octanol–water partition coefficient (Wildman–Crippen LogP) is 13.2. The molecule has 0 aliphatic rings. The smallest absolute Gasteiger partial charge is 0.143 e. The van der Waals surface area contributed by atoms with Crippen LogP contribution in [0, 0.1) is 0 Å². The molecular formula is C46H28O. The van der Waals surface area contributed by atoms with Crippen molar-refractivity contribution in [1.29, 1.82) is 0 Å². The van der Waals surface area contributed by atoms with Crippen LogP contribution in [0.3, 0.4) is 0 Å². The molecule has 0 unspecified atom stereocenters. The van der Waals surface area contributed by atoms with E-state index in [0.717, 1.165) is 38.5 Å². The summed E-state index contributed by atoms with van der Waals surface area (Å²) in [4.78, 5) is 0. The lowest BCUT2D eigenvalue weighted by Gasteiger charge is -2.19. The highest BCUT2D eigenvalue weighted by atomic mass is 16.3. The maximum absolute atomic E-state index is 6.74. The van der Waals surface area contributed by atoms with E-state index in [1.807, 2.05) is 0 Å². The number of furan rings is 1. The Morgan fingerprint density at radius 2 is 0.766 bits per heavy atom. The molecule has 0 aliphatic heterocycles. The fourth-order valence-electron chi connectivity index (χ4n) is 7.77. The van der Waals surface area contributed by atoms with E-state index in [4.69, 9.17) is 4.42 Å². The summed E-state index contributed by atoms with van der Waals surface area (Å²) in [6, 6.07) is 61.5. The number of rotatable bonds is 3. The molecule has 0 saturated heterocycles. The van der Waals surface area contributed by atoms with Crippen molar-refractivity contribution in [3.8, 4) is 33.4 Å². The van der Waals surface area contributed by atoms with E-state index < -0.39 is 0 Å². The Bertz CT molecular complexity index is 2790. The highest BCUT2D eigenvalue weighted by molar-refractivity contribution is 6.24. The first-order chi connectivity index (χ1) is 23.3. The maximum atomic E-state index is 6.74. The Hall–Kier alpha value is -6.18. The first-order valence-corrected chi connectivity index (χ1v) is 16.2. The zero-order valence-electron chi connectivity index (χ0n) is 25.6. The summed E-state index contributed by atoms with van der Waals surface area (Å²) in [6.07, 6.45) is 0. The van der Waals surface area contributed by atoms with Gasteiger partial charge in [-0.25, -0.2) is 0 Å². The Labute approximate surface area is 271 Å². The van der Waals surface area contributed by atoms with Crippen LogP contribution in [0.4, 0.5) is 0 Å². The van der Waals surface area contributed by atoms with Gasteiger partial charge in [-0.1, -0.05) is 158 Å². The highest BCUT2D eigenvalue weighted by Crippen LogP contribution is 2.46. The van der Waals surface area contributed by atoms with Gasteiger partial charge in [0.05, 0.1) is 0 Å². The Kier molecular flexibility index (Phi) is 5.64. The standard InChI is InChI=1S/C46H28O/c1-3-17-33-29(12-1)14-10-24-36(33)44-39-21-7-5-19-37(39)43(38-20-6-8-22-40(38)44)32-16-9-15-31(28-32)35-23-11-25-41-42-27-26-30-13-2-4-18-34(30)45(42)47-46(35)41/h1-28H. The van der Waals surface area contributed by atoms with Gasteiger partial charge in [-0.2, -0.15) is 0 Å². The number of hydrogen-bond acceptors (Lipinski definition) is 1. The molecule has 1 nitrogen and oxygen atoms in total. The molecule has 10 rings (SSSR count). The third-order valence-corrected chi connectivity index (χ3v) is 9.84. The lowest BCUT2D eigenvalue weighted by atomic mass is 9.84. The first kappa shape index (κ1) is 26.1. The van der Waals surface area contributed by atoms with E-state index in [-0.39, 0.29) is 0 Å². The van der Waals surface area contributed by atoms with E-state index in [0.29, 0.717) is 0 Å². The van der Waals surface area contributed by atoms with Crippen LogP contribution in [0.25, 0.3) is 98.4 Å². The van der Waals surface area contributed by atoms with Crippen LogP contribution in [-0.2, 0) is 0 Å². The molecule has 9 aromatic carbocycles. The van der Waals surface area contributed by atoms with Crippen LogP contribution in [0.2, 0.25) is 0 Å². The minimum absolute atomic E-state index is 0.928. The van der Waals surface area contributed by atoms with Gasteiger partial charge in [-0.3, -0.25) is 0 Å². The Balaban J connectivity index is 1.24. The monoisotopic (exact) mass is 596 g/mol. The molecule has 0 spiro atoms. The maximum Gasteiger partial charge on any atom is 0.143 e. The van der Waals surface area contributed by atoms with Crippen molar-refractivity contribution in [2.75, 3.05) is 0 Å². The minimum atomic E-state index is 0.928. The van der Waals surface area contributed by atoms with Gasteiger partial charge >= 0.3 is 0 Å². The number of fused-ring (bicyclic) bond motifs is 8. The number of benzene rings is 9. The topological polar surface area (TPSA) is 13.1 Å². The summed E-state index contributed by atoms with van der Waals surface area (Å²) in [5.41, 5.74) is 9.11. The summed E-state index contributed by atoms with van der Waals surface area (Å²) in [6.45, 7) is 0. The van der Waals surface area contributed by atoms with Crippen molar-refractivity contribution in [2.45, 2.75) is 0 Å². The van der Waals surface area contributed by atoms with Crippen LogP contribution in [0.15, 0.2) is 174 Å². The molecule has 0 atom stereocenters. The molecule has 0 bridgehead atoms. The molecule has 0 radical (unpaired) electrons. The van der Waals surface area contributed by atoms with Crippen LogP contribution in [0.1, 0.15) is 0 Å². The van der Waals surface area contributed by atoms with Gasteiger partial charge in [0, 0.05) is 21.7 Å². The van der Waals surface area contributed by atoms with Gasteiger partial charge < -0.3 is 4.42 Å². The molecule has 1 aromatic heterocycles. The summed E-state index contributed by atoms with van der Waals surface area (Å²) >= 11 is 0. The van der Waals surface area contributed by atoms with Crippen molar-refractivity contribution in [3.05, 3.63) is 170 Å². The molecule has 1 heteroatoms. The third-order valence-electron chi connectivity index (χ3n) is 9.84. The van der Waals surface area contributed by atoms with Crippen LogP contribution in [0.5, 0.6) is 0 Å². The molecular weight excluding hydrogens is 569 g/mol. The van der Waals surface area contributed by atoms with Crippen LogP contribution >= 0.6 is 0 Å². The molecule has 0 amide bonds. The van der Waals surface area contributed by atoms with E-state index in [2.05, 4.69) is 170 Å². The second-order valence-electron chi connectivity index (χ2n) is 12.4. The van der Waals surface area contributed by atoms with Crippen molar-refractivity contribution in [2.24, 2.45) is 0 Å². The summed E-state index contributed by atoms with van der Waals surface area (Å²) in [5, 5.41) is 12.2. The molecule has 0 N–H and O–H groups in total. The number of hydrogen-bond donors (Lipinski definition) is 0. The Morgan fingerprint density at radius 1 is 0.277 bits per heavy atom. The van der Waals surface area contributed by atoms with E-state index in [1.54, 1.807) is 0 Å². The minimum Gasteiger partial charge on any atom is -0.455 e. The first-order valence-electron chi connectivity index (χ1n) is 16.2. The lowest BCUT2D eigenvalue weighted by molar-refractivity contribution is 0.674. The zero-order chi connectivity index (χ0) is 30.9.